The monoisotopic (exact) mass is 240 g/mol. The van der Waals surface area contributed by atoms with E-state index in [2.05, 4.69) is 37.7 Å². The van der Waals surface area contributed by atoms with Gasteiger partial charge in [0, 0.05) is 24.1 Å². The summed E-state index contributed by atoms with van der Waals surface area (Å²) in [6, 6.07) is 0.367. The Balaban J connectivity index is 2.65. The average molecular weight is 241 g/mol. The molecule has 1 heterocycles. The van der Waals surface area contributed by atoms with Crippen molar-refractivity contribution < 1.29 is 4.74 Å². The molecule has 0 amide bonds. The topological polar surface area (TPSA) is 35.0 Å². The van der Waals surface area contributed by atoms with Crippen LogP contribution in [0.25, 0.3) is 0 Å². The molecule has 4 heteroatoms. The van der Waals surface area contributed by atoms with Gasteiger partial charge in [-0.3, -0.25) is 0 Å². The van der Waals surface area contributed by atoms with E-state index in [1.54, 1.807) is 12.4 Å². The Bertz CT molecular complexity index is 313. The highest BCUT2D eigenvalue weighted by Gasteiger charge is 1.92. The summed E-state index contributed by atoms with van der Waals surface area (Å²) < 4.78 is 4.82. The molecule has 0 aliphatic heterocycles. The molecule has 0 N–H and O–H groups in total. The highest BCUT2D eigenvalue weighted by atomic mass is 79.9. The summed E-state index contributed by atoms with van der Waals surface area (Å²) >= 11 is 3.29. The molecular weight excluding hydrogens is 232 g/mol. The number of rotatable bonds is 2. The van der Waals surface area contributed by atoms with Crippen LogP contribution in [-0.4, -0.2) is 22.4 Å². The highest BCUT2D eigenvalue weighted by molar-refractivity contribution is 9.09. The van der Waals surface area contributed by atoms with Gasteiger partial charge < -0.3 is 4.74 Å². The molecule has 0 spiro atoms. The quantitative estimate of drug-likeness (QED) is 0.583. The van der Waals surface area contributed by atoms with Gasteiger partial charge in [0.15, 0.2) is 0 Å². The normalized spacial score (nSPS) is 8.77. The molecule has 1 aromatic rings. The Labute approximate surface area is 85.7 Å². The van der Waals surface area contributed by atoms with E-state index in [1.165, 1.54) is 7.11 Å². The van der Waals surface area contributed by atoms with E-state index in [9.17, 15) is 0 Å². The summed E-state index contributed by atoms with van der Waals surface area (Å²) in [6.45, 7) is 0. The number of alkyl halides is 1. The molecule has 3 nitrogen and oxygen atoms in total. The molecule has 0 radical (unpaired) electrons. The summed E-state index contributed by atoms with van der Waals surface area (Å²) in [5.74, 6) is 5.91. The highest BCUT2D eigenvalue weighted by Crippen LogP contribution is 1.99. The SMILES string of the molecule is COc1ncc(C#CCCBr)cn1. The van der Waals surface area contributed by atoms with E-state index in [1.807, 2.05) is 0 Å². The van der Waals surface area contributed by atoms with E-state index < -0.39 is 0 Å². The van der Waals surface area contributed by atoms with Gasteiger partial charge in [-0.15, -0.1) is 0 Å². The van der Waals surface area contributed by atoms with Gasteiger partial charge in [-0.2, -0.15) is 0 Å². The number of nitrogens with zero attached hydrogens (tertiary/aromatic N) is 2. The third kappa shape index (κ3) is 3.43. The predicted molar refractivity (Wildman–Crippen MR) is 53.9 cm³/mol. The fraction of sp³-hybridized carbons (Fsp3) is 0.333. The summed E-state index contributed by atoms with van der Waals surface area (Å²) in [5.41, 5.74) is 0.807. The summed E-state index contributed by atoms with van der Waals surface area (Å²) in [6.07, 6.45) is 4.12. The molecule has 0 atom stereocenters. The Morgan fingerprint density at radius 2 is 2.15 bits per heavy atom. The molecule has 0 aliphatic carbocycles. The second kappa shape index (κ2) is 5.55. The van der Waals surface area contributed by atoms with Crippen LogP contribution in [0, 0.1) is 11.8 Å². The number of ether oxygens (including phenoxy) is 1. The molecule has 13 heavy (non-hydrogen) atoms. The van der Waals surface area contributed by atoms with Crippen LogP contribution >= 0.6 is 15.9 Å². The maximum atomic E-state index is 4.82. The minimum atomic E-state index is 0.367. The van der Waals surface area contributed by atoms with Crippen molar-refractivity contribution in [3.63, 3.8) is 0 Å². The van der Waals surface area contributed by atoms with Crippen molar-refractivity contribution in [2.45, 2.75) is 6.42 Å². The number of methoxy groups -OCH3 is 1. The van der Waals surface area contributed by atoms with E-state index in [4.69, 9.17) is 4.74 Å². The maximum Gasteiger partial charge on any atom is 0.316 e. The molecule has 0 saturated carbocycles. The van der Waals surface area contributed by atoms with Gasteiger partial charge in [0.25, 0.3) is 0 Å². The first-order valence-electron chi connectivity index (χ1n) is 3.77. The molecule has 0 aromatic carbocycles. The molecule has 1 aromatic heterocycles. The van der Waals surface area contributed by atoms with Crippen molar-refractivity contribution in [3.8, 4) is 17.9 Å². The number of hydrogen-bond donors (Lipinski definition) is 0. The Kier molecular flexibility index (Phi) is 4.27. The molecular formula is C9H9BrN2O. The lowest BCUT2D eigenvalue weighted by molar-refractivity contribution is 0.379. The second-order valence-corrected chi connectivity index (χ2v) is 2.99. The first kappa shape index (κ1) is 10.0. The van der Waals surface area contributed by atoms with Crippen molar-refractivity contribution in [1.82, 2.24) is 9.97 Å². The standard InChI is InChI=1S/C9H9BrN2O/c1-13-9-11-6-8(7-12-9)4-2-3-5-10/h6-7H,3,5H2,1H3. The van der Waals surface area contributed by atoms with E-state index >= 15 is 0 Å². The Morgan fingerprint density at radius 1 is 1.46 bits per heavy atom. The number of halogens is 1. The van der Waals surface area contributed by atoms with Crippen molar-refractivity contribution in [1.29, 1.82) is 0 Å². The lowest BCUT2D eigenvalue weighted by atomic mass is 10.3. The van der Waals surface area contributed by atoms with Gasteiger partial charge in [-0.05, 0) is 0 Å². The molecule has 0 unspecified atom stereocenters. The third-order valence-electron chi connectivity index (χ3n) is 1.26. The molecule has 1 rings (SSSR count). The summed E-state index contributed by atoms with van der Waals surface area (Å²) in [7, 11) is 1.53. The fourth-order valence-corrected chi connectivity index (χ4v) is 0.896. The van der Waals surface area contributed by atoms with Crippen LogP contribution in [0.5, 0.6) is 6.01 Å². The molecule has 0 aliphatic rings. The molecule has 0 bridgehead atoms. The Morgan fingerprint density at radius 3 is 2.69 bits per heavy atom. The lowest BCUT2D eigenvalue weighted by Gasteiger charge is -1.94. The summed E-state index contributed by atoms with van der Waals surface area (Å²) in [5, 5.41) is 0.886. The predicted octanol–water partition coefficient (Wildman–Crippen LogP) is 1.62. The van der Waals surface area contributed by atoms with Crippen LogP contribution in [-0.2, 0) is 0 Å². The summed E-state index contributed by atoms with van der Waals surface area (Å²) in [4.78, 5) is 7.86. The van der Waals surface area contributed by atoms with Crippen molar-refractivity contribution >= 4 is 15.9 Å². The first-order chi connectivity index (χ1) is 6.36. The largest absolute Gasteiger partial charge is 0.467 e. The lowest BCUT2D eigenvalue weighted by Crippen LogP contribution is -1.91. The second-order valence-electron chi connectivity index (χ2n) is 2.20. The van der Waals surface area contributed by atoms with Crippen LogP contribution < -0.4 is 4.74 Å². The van der Waals surface area contributed by atoms with Crippen molar-refractivity contribution in [2.24, 2.45) is 0 Å². The Hall–Kier alpha value is -1.08. The van der Waals surface area contributed by atoms with Gasteiger partial charge in [0.05, 0.1) is 12.7 Å². The van der Waals surface area contributed by atoms with Gasteiger partial charge in [0.2, 0.25) is 0 Å². The number of aromatic nitrogens is 2. The van der Waals surface area contributed by atoms with Crippen LogP contribution in [0.3, 0.4) is 0 Å². The van der Waals surface area contributed by atoms with E-state index in [0.717, 1.165) is 17.3 Å². The zero-order valence-electron chi connectivity index (χ0n) is 7.25. The van der Waals surface area contributed by atoms with Gasteiger partial charge in [-0.1, -0.05) is 27.8 Å². The van der Waals surface area contributed by atoms with Gasteiger partial charge in [-0.25, -0.2) is 9.97 Å². The maximum absolute atomic E-state index is 4.82. The zero-order chi connectivity index (χ0) is 9.52. The van der Waals surface area contributed by atoms with Crippen LogP contribution in [0.1, 0.15) is 12.0 Å². The van der Waals surface area contributed by atoms with Gasteiger partial charge >= 0.3 is 6.01 Å². The van der Waals surface area contributed by atoms with Crippen molar-refractivity contribution in [2.75, 3.05) is 12.4 Å². The van der Waals surface area contributed by atoms with Gasteiger partial charge in [0.1, 0.15) is 0 Å². The van der Waals surface area contributed by atoms with Crippen LogP contribution in [0.4, 0.5) is 0 Å². The van der Waals surface area contributed by atoms with E-state index in [0.29, 0.717) is 6.01 Å². The van der Waals surface area contributed by atoms with Crippen LogP contribution in [0.15, 0.2) is 12.4 Å². The van der Waals surface area contributed by atoms with Crippen molar-refractivity contribution in [3.05, 3.63) is 18.0 Å². The minimum Gasteiger partial charge on any atom is -0.467 e. The first-order valence-corrected chi connectivity index (χ1v) is 4.90. The smallest absolute Gasteiger partial charge is 0.316 e. The molecule has 0 fully saturated rings. The molecule has 68 valence electrons. The number of hydrogen-bond acceptors (Lipinski definition) is 3. The molecule has 0 saturated heterocycles. The van der Waals surface area contributed by atoms with Crippen LogP contribution in [0.2, 0.25) is 0 Å². The fourth-order valence-electron chi connectivity index (χ4n) is 0.698. The van der Waals surface area contributed by atoms with E-state index in [-0.39, 0.29) is 0 Å². The zero-order valence-corrected chi connectivity index (χ0v) is 8.84. The third-order valence-corrected chi connectivity index (χ3v) is 1.66. The average Bonchev–Trinajstić information content (AvgIpc) is 2.19. The minimum absolute atomic E-state index is 0.367.